The van der Waals surface area contributed by atoms with Crippen LogP contribution in [0.5, 0.6) is 0 Å². The minimum absolute atomic E-state index is 0.189. The summed E-state index contributed by atoms with van der Waals surface area (Å²) in [5, 5.41) is 20.2. The van der Waals surface area contributed by atoms with Crippen molar-refractivity contribution in [2.75, 3.05) is 5.32 Å². The summed E-state index contributed by atoms with van der Waals surface area (Å²) in [7, 11) is 0. The average molecular weight is 277 g/mol. The average Bonchev–Trinajstić information content (AvgIpc) is 2.85. The minimum Gasteiger partial charge on any atom is -0.409 e. The summed E-state index contributed by atoms with van der Waals surface area (Å²) >= 11 is 0. The standard InChI is InChI=1S/C12H12FN5O2/c1-6-4-7(13)2-3-8(6)12(19)16-11-9(5-15-17-11)10(14)18-20/h2-5,20H,1H3,(H2,14,18)(H2,15,16,17,19). The van der Waals surface area contributed by atoms with E-state index in [9.17, 15) is 9.18 Å². The number of oxime groups is 1. The molecule has 0 aliphatic rings. The minimum atomic E-state index is -0.460. The van der Waals surface area contributed by atoms with E-state index in [0.29, 0.717) is 11.1 Å². The normalized spacial score (nSPS) is 11.4. The van der Waals surface area contributed by atoms with E-state index < -0.39 is 11.7 Å². The summed E-state index contributed by atoms with van der Waals surface area (Å²) in [6.07, 6.45) is 1.31. The molecule has 20 heavy (non-hydrogen) atoms. The smallest absolute Gasteiger partial charge is 0.257 e. The number of nitrogens with one attached hydrogen (secondary N) is 2. The van der Waals surface area contributed by atoms with Gasteiger partial charge in [-0.15, -0.1) is 0 Å². The molecule has 0 unspecified atom stereocenters. The molecule has 104 valence electrons. The molecule has 0 atom stereocenters. The Morgan fingerprint density at radius 2 is 2.25 bits per heavy atom. The van der Waals surface area contributed by atoms with E-state index in [2.05, 4.69) is 20.7 Å². The fourth-order valence-corrected chi connectivity index (χ4v) is 1.69. The first-order chi connectivity index (χ1) is 9.52. The first-order valence-electron chi connectivity index (χ1n) is 5.61. The van der Waals surface area contributed by atoms with E-state index in [0.717, 1.165) is 0 Å². The molecule has 8 heteroatoms. The second-order valence-electron chi connectivity index (χ2n) is 4.06. The fourth-order valence-electron chi connectivity index (χ4n) is 1.69. The maximum absolute atomic E-state index is 13.0. The molecule has 5 N–H and O–H groups in total. The number of aryl methyl sites for hydroxylation is 1. The van der Waals surface area contributed by atoms with Crippen LogP contribution in [0.1, 0.15) is 21.5 Å². The van der Waals surface area contributed by atoms with Crippen molar-refractivity contribution in [3.8, 4) is 0 Å². The summed E-state index contributed by atoms with van der Waals surface area (Å²) in [6.45, 7) is 1.62. The quantitative estimate of drug-likeness (QED) is 0.292. The number of nitrogens with two attached hydrogens (primary N) is 1. The number of carbonyl (C=O) groups is 1. The van der Waals surface area contributed by atoms with Crippen LogP contribution in [0, 0.1) is 12.7 Å². The van der Waals surface area contributed by atoms with Crippen molar-refractivity contribution >= 4 is 17.6 Å². The van der Waals surface area contributed by atoms with Gasteiger partial charge in [0.1, 0.15) is 11.6 Å². The van der Waals surface area contributed by atoms with Crippen LogP contribution in [-0.2, 0) is 0 Å². The molecule has 0 saturated heterocycles. The van der Waals surface area contributed by atoms with Crippen LogP contribution in [0.25, 0.3) is 0 Å². The number of amidine groups is 1. The lowest BCUT2D eigenvalue weighted by atomic mass is 10.1. The number of hydrogen-bond donors (Lipinski definition) is 4. The number of H-pyrrole nitrogens is 1. The van der Waals surface area contributed by atoms with Gasteiger partial charge in [0.15, 0.2) is 5.84 Å². The van der Waals surface area contributed by atoms with Crippen molar-refractivity contribution in [2.24, 2.45) is 10.9 Å². The Bertz CT molecular complexity index is 680. The Morgan fingerprint density at radius 3 is 2.90 bits per heavy atom. The van der Waals surface area contributed by atoms with E-state index >= 15 is 0 Å². The van der Waals surface area contributed by atoms with Crippen LogP contribution >= 0.6 is 0 Å². The van der Waals surface area contributed by atoms with Gasteiger partial charge in [-0.1, -0.05) is 5.16 Å². The first kappa shape index (κ1) is 13.5. The predicted octanol–water partition coefficient (Wildman–Crippen LogP) is 1.20. The highest BCUT2D eigenvalue weighted by molar-refractivity contribution is 6.09. The van der Waals surface area contributed by atoms with Crippen LogP contribution < -0.4 is 11.1 Å². The van der Waals surface area contributed by atoms with E-state index in [4.69, 9.17) is 10.9 Å². The van der Waals surface area contributed by atoms with Gasteiger partial charge >= 0.3 is 0 Å². The van der Waals surface area contributed by atoms with Gasteiger partial charge in [-0.3, -0.25) is 9.89 Å². The topological polar surface area (TPSA) is 116 Å². The van der Waals surface area contributed by atoms with E-state index in [-0.39, 0.29) is 17.2 Å². The van der Waals surface area contributed by atoms with E-state index in [1.54, 1.807) is 6.92 Å². The Labute approximate surface area is 113 Å². The molecular formula is C12H12FN5O2. The summed E-state index contributed by atoms with van der Waals surface area (Å²) in [5.41, 5.74) is 6.50. The monoisotopic (exact) mass is 277 g/mol. The third kappa shape index (κ3) is 2.58. The largest absolute Gasteiger partial charge is 0.409 e. The zero-order chi connectivity index (χ0) is 14.7. The summed E-state index contributed by atoms with van der Waals surface area (Å²) in [5.74, 6) is -0.879. The third-order valence-corrected chi connectivity index (χ3v) is 2.69. The van der Waals surface area contributed by atoms with Crippen molar-refractivity contribution in [1.82, 2.24) is 10.2 Å². The van der Waals surface area contributed by atoms with Crippen molar-refractivity contribution in [2.45, 2.75) is 6.92 Å². The van der Waals surface area contributed by atoms with E-state index in [1.165, 1.54) is 24.4 Å². The van der Waals surface area contributed by atoms with Gasteiger partial charge < -0.3 is 16.3 Å². The van der Waals surface area contributed by atoms with Gasteiger partial charge in [0.05, 0.1) is 11.8 Å². The Hall–Kier alpha value is -2.90. The molecular weight excluding hydrogens is 265 g/mol. The van der Waals surface area contributed by atoms with Gasteiger partial charge in [-0.05, 0) is 30.7 Å². The van der Waals surface area contributed by atoms with Crippen molar-refractivity contribution in [3.63, 3.8) is 0 Å². The van der Waals surface area contributed by atoms with Crippen LogP contribution in [0.4, 0.5) is 10.2 Å². The summed E-state index contributed by atoms with van der Waals surface area (Å²) in [4.78, 5) is 12.1. The van der Waals surface area contributed by atoms with Gasteiger partial charge in [-0.2, -0.15) is 5.10 Å². The number of aromatic nitrogens is 2. The number of nitrogens with zero attached hydrogens (tertiary/aromatic N) is 2. The molecule has 0 bridgehead atoms. The highest BCUT2D eigenvalue weighted by atomic mass is 19.1. The van der Waals surface area contributed by atoms with Crippen LogP contribution in [0.2, 0.25) is 0 Å². The maximum Gasteiger partial charge on any atom is 0.257 e. The highest BCUT2D eigenvalue weighted by Gasteiger charge is 2.15. The molecule has 0 radical (unpaired) electrons. The molecule has 1 aromatic heterocycles. The van der Waals surface area contributed by atoms with Crippen LogP contribution in [0.15, 0.2) is 29.6 Å². The maximum atomic E-state index is 13.0. The number of amides is 1. The molecule has 0 aliphatic heterocycles. The number of benzene rings is 1. The SMILES string of the molecule is Cc1cc(F)ccc1C(=O)Nc1[nH]ncc1/C(N)=N/O. The molecule has 1 aromatic carbocycles. The Balaban J connectivity index is 2.26. The van der Waals surface area contributed by atoms with Gasteiger partial charge in [0, 0.05) is 5.56 Å². The van der Waals surface area contributed by atoms with Gasteiger partial charge in [0.25, 0.3) is 5.91 Å². The number of anilines is 1. The molecule has 2 aromatic rings. The lowest BCUT2D eigenvalue weighted by Crippen LogP contribution is -2.19. The molecule has 1 amide bonds. The predicted molar refractivity (Wildman–Crippen MR) is 70.2 cm³/mol. The lowest BCUT2D eigenvalue weighted by molar-refractivity contribution is 0.102. The number of hydrogen-bond acceptors (Lipinski definition) is 4. The zero-order valence-electron chi connectivity index (χ0n) is 10.5. The number of carbonyl (C=O) groups excluding carboxylic acids is 1. The van der Waals surface area contributed by atoms with Crippen LogP contribution in [0.3, 0.4) is 0 Å². The second kappa shape index (κ2) is 5.39. The summed E-state index contributed by atoms with van der Waals surface area (Å²) in [6, 6.07) is 3.82. The second-order valence-corrected chi connectivity index (χ2v) is 4.06. The van der Waals surface area contributed by atoms with Gasteiger partial charge in [0.2, 0.25) is 0 Å². The number of halogens is 1. The highest BCUT2D eigenvalue weighted by Crippen LogP contribution is 2.15. The fraction of sp³-hybridized carbons (Fsp3) is 0.0833. The van der Waals surface area contributed by atoms with Crippen LogP contribution in [-0.4, -0.2) is 27.1 Å². The molecule has 0 aliphatic carbocycles. The van der Waals surface area contributed by atoms with E-state index in [1.807, 2.05) is 0 Å². The van der Waals surface area contributed by atoms with Gasteiger partial charge in [-0.25, -0.2) is 4.39 Å². The lowest BCUT2D eigenvalue weighted by Gasteiger charge is -2.07. The number of rotatable bonds is 3. The Kier molecular flexibility index (Phi) is 3.65. The Morgan fingerprint density at radius 1 is 1.50 bits per heavy atom. The number of aromatic amines is 1. The molecule has 0 spiro atoms. The molecule has 2 rings (SSSR count). The third-order valence-electron chi connectivity index (χ3n) is 2.69. The van der Waals surface area contributed by atoms with Crippen molar-refractivity contribution in [1.29, 1.82) is 0 Å². The molecule has 1 heterocycles. The van der Waals surface area contributed by atoms with Crippen molar-refractivity contribution < 1.29 is 14.4 Å². The molecule has 0 saturated carbocycles. The first-order valence-corrected chi connectivity index (χ1v) is 5.61. The molecule has 0 fully saturated rings. The molecule has 7 nitrogen and oxygen atoms in total. The zero-order valence-corrected chi connectivity index (χ0v) is 10.5. The summed E-state index contributed by atoms with van der Waals surface area (Å²) < 4.78 is 13.0. The van der Waals surface area contributed by atoms with Crippen molar-refractivity contribution in [3.05, 3.63) is 46.9 Å².